The molecule has 0 amide bonds. The first-order valence-electron chi connectivity index (χ1n) is 6.86. The van der Waals surface area contributed by atoms with Crippen molar-refractivity contribution in [3.63, 3.8) is 0 Å². The molecule has 110 valence electrons. The van der Waals surface area contributed by atoms with E-state index < -0.39 is 0 Å². The summed E-state index contributed by atoms with van der Waals surface area (Å²) in [6.45, 7) is 3.28. The van der Waals surface area contributed by atoms with Crippen LogP contribution in [-0.4, -0.2) is 41.0 Å². The van der Waals surface area contributed by atoms with Crippen molar-refractivity contribution in [3.05, 3.63) is 23.3 Å². The molecular weight excluding hydrogens is 297 g/mol. The van der Waals surface area contributed by atoms with Crippen LogP contribution in [0, 0.1) is 0 Å². The van der Waals surface area contributed by atoms with Crippen molar-refractivity contribution in [2.45, 2.75) is 37.6 Å². The van der Waals surface area contributed by atoms with Gasteiger partial charge in [-0.25, -0.2) is 0 Å². The Labute approximate surface area is 129 Å². The summed E-state index contributed by atoms with van der Waals surface area (Å²) in [5.74, 6) is 0.421. The summed E-state index contributed by atoms with van der Waals surface area (Å²) in [6, 6.07) is -0.289. The largest absolute Gasteiger partial charge is 0.352 e. The van der Waals surface area contributed by atoms with E-state index in [1.165, 1.54) is 13.3 Å². The second kappa shape index (κ2) is 7.14. The van der Waals surface area contributed by atoms with Crippen LogP contribution >= 0.6 is 23.2 Å². The van der Waals surface area contributed by atoms with Gasteiger partial charge in [-0.3, -0.25) is 10.2 Å². The van der Waals surface area contributed by atoms with E-state index in [0.29, 0.717) is 10.9 Å². The molecule has 0 saturated carbocycles. The zero-order valence-corrected chi connectivity index (χ0v) is 13.0. The van der Waals surface area contributed by atoms with Crippen LogP contribution < -0.4 is 5.43 Å². The molecule has 0 aromatic carbocycles. The molecule has 20 heavy (non-hydrogen) atoms. The maximum Gasteiger partial charge on any atom is 0.196 e. The predicted octanol–water partition coefficient (Wildman–Crippen LogP) is 2.63. The minimum atomic E-state index is -0.289. The molecule has 0 unspecified atom stereocenters. The van der Waals surface area contributed by atoms with Crippen molar-refractivity contribution in [2.24, 2.45) is 5.10 Å². The summed E-state index contributed by atoms with van der Waals surface area (Å²) in [5, 5.41) is 4.59. The van der Waals surface area contributed by atoms with E-state index in [4.69, 9.17) is 23.2 Å². The fraction of sp³-hybridized carbons (Fsp3) is 0.571. The fourth-order valence-corrected chi connectivity index (χ4v) is 2.96. The number of alkyl halides is 1. The summed E-state index contributed by atoms with van der Waals surface area (Å²) in [4.78, 5) is 13.8. The lowest BCUT2D eigenvalue weighted by atomic mass is 10.1. The number of rotatable bonds is 3. The van der Waals surface area contributed by atoms with Gasteiger partial charge in [0.1, 0.15) is 0 Å². The van der Waals surface area contributed by atoms with Crippen molar-refractivity contribution >= 4 is 34.8 Å². The lowest BCUT2D eigenvalue weighted by Gasteiger charge is -2.29. The number of nitrogens with one attached hydrogen (secondary N) is 1. The number of amidine groups is 1. The maximum absolute atomic E-state index is 11.8. The zero-order chi connectivity index (χ0) is 14.5. The maximum atomic E-state index is 11.8. The summed E-state index contributed by atoms with van der Waals surface area (Å²) < 4.78 is 0. The number of allylic oxidation sites excluding steroid dienone is 2. The van der Waals surface area contributed by atoms with Gasteiger partial charge in [-0.2, -0.15) is 5.10 Å². The number of carbonyl (C=O) groups excluding carboxylic acids is 1. The highest BCUT2D eigenvalue weighted by Crippen LogP contribution is 2.21. The Morgan fingerprint density at radius 3 is 2.70 bits per heavy atom. The molecule has 0 aromatic heterocycles. The van der Waals surface area contributed by atoms with Crippen LogP contribution in [0.15, 0.2) is 28.4 Å². The molecular formula is C14H19Cl2N3O. The molecule has 0 bridgehead atoms. The molecule has 0 spiro atoms. The normalized spacial score (nSPS) is 27.2. The molecule has 0 aromatic rings. The van der Waals surface area contributed by atoms with Crippen LogP contribution in [0.1, 0.15) is 26.2 Å². The van der Waals surface area contributed by atoms with Gasteiger partial charge in [-0.15, -0.1) is 11.6 Å². The summed E-state index contributed by atoms with van der Waals surface area (Å²) in [7, 11) is 0. The standard InChI is InChI=1S/C14H19Cl2N3O/c1-10(20)14(19-8-3-2-4-9-19)18-17-13-11(15)6-5-7-12(13)16/h5-7,11,13,17H,2-4,8-9H2,1H3/b18-14+/t11-,13-/m1/s1. The van der Waals surface area contributed by atoms with E-state index in [2.05, 4.69) is 10.5 Å². The highest BCUT2D eigenvalue weighted by Gasteiger charge is 2.24. The molecule has 1 saturated heterocycles. The first-order valence-corrected chi connectivity index (χ1v) is 7.68. The molecule has 1 fully saturated rings. The number of ketones is 1. The van der Waals surface area contributed by atoms with Crippen LogP contribution in [0.4, 0.5) is 0 Å². The average molecular weight is 316 g/mol. The van der Waals surface area contributed by atoms with Gasteiger partial charge in [0.25, 0.3) is 0 Å². The van der Waals surface area contributed by atoms with Crippen LogP contribution in [0.2, 0.25) is 0 Å². The van der Waals surface area contributed by atoms with Crippen LogP contribution in [0.25, 0.3) is 0 Å². The SMILES string of the molecule is CC(=O)/C(=N\N[C@H]1C(Cl)=CC=C[C@H]1Cl)N1CCCCC1. The first kappa shape index (κ1) is 15.4. The van der Waals surface area contributed by atoms with E-state index in [1.54, 1.807) is 6.08 Å². The Morgan fingerprint density at radius 1 is 1.40 bits per heavy atom. The Bertz CT molecular complexity index is 453. The minimum absolute atomic E-state index is 0.0445. The van der Waals surface area contributed by atoms with Gasteiger partial charge in [0.2, 0.25) is 0 Å². The molecule has 1 heterocycles. The monoisotopic (exact) mass is 315 g/mol. The van der Waals surface area contributed by atoms with Gasteiger partial charge in [0, 0.05) is 25.0 Å². The van der Waals surface area contributed by atoms with E-state index >= 15 is 0 Å². The van der Waals surface area contributed by atoms with Crippen molar-refractivity contribution in [2.75, 3.05) is 13.1 Å². The molecule has 6 heteroatoms. The molecule has 1 aliphatic heterocycles. The Morgan fingerprint density at radius 2 is 2.10 bits per heavy atom. The fourth-order valence-electron chi connectivity index (χ4n) is 2.36. The third-order valence-electron chi connectivity index (χ3n) is 3.45. The average Bonchev–Trinajstić information content (AvgIpc) is 2.43. The minimum Gasteiger partial charge on any atom is -0.352 e. The molecule has 0 radical (unpaired) electrons. The number of hydrazone groups is 1. The number of hydrogen-bond donors (Lipinski definition) is 1. The number of likely N-dealkylation sites (tertiary alicyclic amines) is 1. The Hall–Kier alpha value is -1.00. The van der Waals surface area contributed by atoms with E-state index in [9.17, 15) is 4.79 Å². The molecule has 2 rings (SSSR count). The second-order valence-electron chi connectivity index (χ2n) is 5.03. The lowest BCUT2D eigenvalue weighted by molar-refractivity contribution is -0.111. The summed E-state index contributed by atoms with van der Waals surface area (Å²) in [6.07, 6.45) is 8.84. The van der Waals surface area contributed by atoms with E-state index in [-0.39, 0.29) is 17.2 Å². The first-order chi connectivity index (χ1) is 9.59. The van der Waals surface area contributed by atoms with Gasteiger partial charge < -0.3 is 4.90 Å². The number of Topliss-reactive ketones (excluding diaryl/α,β-unsaturated/α-hetero) is 1. The van der Waals surface area contributed by atoms with Crippen molar-refractivity contribution in [1.82, 2.24) is 10.3 Å². The number of nitrogens with zero attached hydrogens (tertiary/aromatic N) is 2. The van der Waals surface area contributed by atoms with Crippen molar-refractivity contribution in [3.8, 4) is 0 Å². The van der Waals surface area contributed by atoms with Gasteiger partial charge in [0.15, 0.2) is 11.6 Å². The van der Waals surface area contributed by atoms with E-state index in [1.807, 2.05) is 17.1 Å². The third-order valence-corrected chi connectivity index (χ3v) is 4.20. The van der Waals surface area contributed by atoms with Gasteiger partial charge in [-0.05, 0) is 25.3 Å². The second-order valence-corrected chi connectivity index (χ2v) is 5.97. The lowest BCUT2D eigenvalue weighted by Crippen LogP contribution is -2.43. The number of carbonyl (C=O) groups is 1. The molecule has 2 atom stereocenters. The smallest absolute Gasteiger partial charge is 0.196 e. The predicted molar refractivity (Wildman–Crippen MR) is 83.2 cm³/mol. The van der Waals surface area contributed by atoms with E-state index in [0.717, 1.165) is 25.9 Å². The Balaban J connectivity index is 2.07. The molecule has 4 nitrogen and oxygen atoms in total. The topological polar surface area (TPSA) is 44.7 Å². The summed E-state index contributed by atoms with van der Waals surface area (Å²) in [5.41, 5.74) is 2.94. The van der Waals surface area contributed by atoms with Crippen molar-refractivity contribution < 1.29 is 4.79 Å². The van der Waals surface area contributed by atoms with Crippen LogP contribution in [0.5, 0.6) is 0 Å². The Kier molecular flexibility index (Phi) is 5.49. The highest BCUT2D eigenvalue weighted by molar-refractivity contribution is 6.37. The van der Waals surface area contributed by atoms with Gasteiger partial charge in [0.05, 0.1) is 11.4 Å². The quantitative estimate of drug-likeness (QED) is 0.377. The molecule has 2 aliphatic rings. The number of halogens is 2. The van der Waals surface area contributed by atoms with Crippen LogP contribution in [-0.2, 0) is 4.79 Å². The summed E-state index contributed by atoms with van der Waals surface area (Å²) >= 11 is 12.3. The number of hydrogen-bond acceptors (Lipinski definition) is 3. The van der Waals surface area contributed by atoms with Crippen LogP contribution in [0.3, 0.4) is 0 Å². The molecule has 1 N–H and O–H groups in total. The van der Waals surface area contributed by atoms with Gasteiger partial charge in [-0.1, -0.05) is 23.8 Å². The number of piperidine rings is 1. The zero-order valence-electron chi connectivity index (χ0n) is 11.5. The van der Waals surface area contributed by atoms with Crippen molar-refractivity contribution in [1.29, 1.82) is 0 Å². The highest BCUT2D eigenvalue weighted by atomic mass is 35.5. The third kappa shape index (κ3) is 3.76. The molecule has 1 aliphatic carbocycles. The van der Waals surface area contributed by atoms with Gasteiger partial charge >= 0.3 is 0 Å².